The number of para-hydroxylation sites is 1. The molecular weight excluding hydrogens is 322 g/mol. The Bertz CT molecular complexity index is 781. The first kappa shape index (κ1) is 17.0. The van der Waals surface area contributed by atoms with Gasteiger partial charge in [0.1, 0.15) is 5.82 Å². The van der Waals surface area contributed by atoms with Gasteiger partial charge in [-0.15, -0.1) is 0 Å². The molecule has 3 rings (SSSR count). The normalized spacial score (nSPS) is 19.7. The smallest absolute Gasteiger partial charge is 0.325 e. The predicted octanol–water partition coefficient (Wildman–Crippen LogP) is 2.82. The number of amides is 2. The lowest BCUT2D eigenvalue weighted by molar-refractivity contribution is 0.158. The van der Waals surface area contributed by atoms with E-state index in [1.54, 1.807) is 31.4 Å². The number of nitrogens with one attached hydrogen (secondary N) is 1. The Kier molecular flexibility index (Phi) is 4.76. The first-order valence-electron chi connectivity index (χ1n) is 8.11. The maximum absolute atomic E-state index is 12.1. The summed E-state index contributed by atoms with van der Waals surface area (Å²) >= 11 is 0. The van der Waals surface area contributed by atoms with Crippen molar-refractivity contribution in [2.75, 3.05) is 12.0 Å². The van der Waals surface area contributed by atoms with Crippen LogP contribution < -0.4 is 19.7 Å². The van der Waals surface area contributed by atoms with Crippen molar-refractivity contribution in [1.82, 2.24) is 10.3 Å². The van der Waals surface area contributed by atoms with E-state index in [4.69, 9.17) is 9.47 Å². The maximum atomic E-state index is 12.1. The van der Waals surface area contributed by atoms with E-state index in [0.29, 0.717) is 29.6 Å². The standard InChI is InChI=1S/C18H21N3O4/c1-4-12-17(22)21(18(23)19-12)14-9-6-10-15(20-14)25-13-8-5-7-11(2)16(13)24-3/h5-10,12,17,22H,4H2,1-3H3,(H,19,23)/t12-,17?/m1/s1. The van der Waals surface area contributed by atoms with E-state index in [0.717, 1.165) is 5.56 Å². The third kappa shape index (κ3) is 3.23. The van der Waals surface area contributed by atoms with Gasteiger partial charge >= 0.3 is 6.03 Å². The Morgan fingerprint density at radius 3 is 2.72 bits per heavy atom. The van der Waals surface area contributed by atoms with Crippen LogP contribution in [0.3, 0.4) is 0 Å². The summed E-state index contributed by atoms with van der Waals surface area (Å²) in [4.78, 5) is 17.7. The predicted molar refractivity (Wildman–Crippen MR) is 93.1 cm³/mol. The van der Waals surface area contributed by atoms with Crippen LogP contribution in [0.4, 0.5) is 10.6 Å². The molecule has 132 valence electrons. The number of nitrogens with zero attached hydrogens (tertiary/aromatic N) is 2. The fourth-order valence-electron chi connectivity index (χ4n) is 2.83. The van der Waals surface area contributed by atoms with Crippen LogP contribution in [0.2, 0.25) is 0 Å². The largest absolute Gasteiger partial charge is 0.493 e. The van der Waals surface area contributed by atoms with Crippen LogP contribution in [0.25, 0.3) is 0 Å². The van der Waals surface area contributed by atoms with Gasteiger partial charge in [0.2, 0.25) is 5.88 Å². The molecule has 0 radical (unpaired) electrons. The zero-order chi connectivity index (χ0) is 18.0. The van der Waals surface area contributed by atoms with Crippen LogP contribution in [0.1, 0.15) is 18.9 Å². The van der Waals surface area contributed by atoms with E-state index < -0.39 is 6.23 Å². The number of hydrogen-bond donors (Lipinski definition) is 2. The molecule has 1 aliphatic heterocycles. The van der Waals surface area contributed by atoms with Gasteiger partial charge in [0, 0.05) is 6.07 Å². The highest BCUT2D eigenvalue weighted by Gasteiger charge is 2.38. The number of aliphatic hydroxyl groups excluding tert-OH is 1. The Morgan fingerprint density at radius 1 is 1.28 bits per heavy atom. The number of methoxy groups -OCH3 is 1. The van der Waals surface area contributed by atoms with Crippen molar-refractivity contribution in [2.45, 2.75) is 32.5 Å². The summed E-state index contributed by atoms with van der Waals surface area (Å²) in [5.74, 6) is 1.79. The summed E-state index contributed by atoms with van der Waals surface area (Å²) < 4.78 is 11.2. The molecule has 1 fully saturated rings. The average Bonchev–Trinajstić information content (AvgIpc) is 2.89. The second-order valence-corrected chi connectivity index (χ2v) is 5.79. The molecular formula is C18H21N3O4. The van der Waals surface area contributed by atoms with E-state index in [1.165, 1.54) is 4.90 Å². The number of pyridine rings is 1. The fourth-order valence-corrected chi connectivity index (χ4v) is 2.83. The van der Waals surface area contributed by atoms with Crippen molar-refractivity contribution in [3.05, 3.63) is 42.0 Å². The van der Waals surface area contributed by atoms with Gasteiger partial charge in [-0.2, -0.15) is 4.98 Å². The summed E-state index contributed by atoms with van der Waals surface area (Å²) in [6, 6.07) is 9.92. The first-order chi connectivity index (χ1) is 12.0. The first-order valence-corrected chi connectivity index (χ1v) is 8.11. The Labute approximate surface area is 146 Å². The quantitative estimate of drug-likeness (QED) is 0.872. The number of ether oxygens (including phenoxy) is 2. The number of aromatic nitrogens is 1. The molecule has 1 unspecified atom stereocenters. The topological polar surface area (TPSA) is 83.9 Å². The van der Waals surface area contributed by atoms with Gasteiger partial charge in [0.05, 0.1) is 13.2 Å². The lowest BCUT2D eigenvalue weighted by Gasteiger charge is -2.20. The third-order valence-electron chi connectivity index (χ3n) is 4.14. The van der Waals surface area contributed by atoms with Crippen LogP contribution in [0.15, 0.2) is 36.4 Å². The van der Waals surface area contributed by atoms with Crippen molar-refractivity contribution in [3.63, 3.8) is 0 Å². The lowest BCUT2D eigenvalue weighted by atomic mass is 10.2. The molecule has 0 aliphatic carbocycles. The second-order valence-electron chi connectivity index (χ2n) is 5.79. The van der Waals surface area contributed by atoms with E-state index in [1.807, 2.05) is 26.0 Å². The van der Waals surface area contributed by atoms with E-state index in [9.17, 15) is 9.90 Å². The van der Waals surface area contributed by atoms with Gasteiger partial charge in [-0.1, -0.05) is 25.1 Å². The molecule has 0 spiro atoms. The number of rotatable bonds is 5. The van der Waals surface area contributed by atoms with E-state index in [2.05, 4.69) is 10.3 Å². The minimum atomic E-state index is -0.964. The van der Waals surface area contributed by atoms with Crippen molar-refractivity contribution in [3.8, 4) is 17.4 Å². The highest BCUT2D eigenvalue weighted by Crippen LogP contribution is 2.34. The minimum Gasteiger partial charge on any atom is -0.493 e. The molecule has 2 atom stereocenters. The molecule has 7 nitrogen and oxygen atoms in total. The van der Waals surface area contributed by atoms with Crippen molar-refractivity contribution in [2.24, 2.45) is 0 Å². The van der Waals surface area contributed by atoms with Crippen LogP contribution in [-0.4, -0.2) is 35.5 Å². The van der Waals surface area contributed by atoms with Crippen LogP contribution in [-0.2, 0) is 0 Å². The molecule has 0 saturated carbocycles. The number of carbonyl (C=O) groups excluding carboxylic acids is 1. The van der Waals surface area contributed by atoms with Gasteiger partial charge in [-0.3, -0.25) is 0 Å². The zero-order valence-electron chi connectivity index (χ0n) is 14.4. The molecule has 7 heteroatoms. The Hall–Kier alpha value is -2.80. The van der Waals surface area contributed by atoms with Gasteiger partial charge in [0.25, 0.3) is 0 Å². The van der Waals surface area contributed by atoms with Gasteiger partial charge in [0.15, 0.2) is 17.7 Å². The maximum Gasteiger partial charge on any atom is 0.325 e. The fraction of sp³-hybridized carbons (Fsp3) is 0.333. The Balaban J connectivity index is 1.88. The van der Waals surface area contributed by atoms with E-state index >= 15 is 0 Å². The van der Waals surface area contributed by atoms with Gasteiger partial charge in [-0.25, -0.2) is 9.69 Å². The molecule has 25 heavy (non-hydrogen) atoms. The molecule has 1 saturated heterocycles. The molecule has 1 aromatic heterocycles. The number of benzene rings is 1. The van der Waals surface area contributed by atoms with Crippen molar-refractivity contribution < 1.29 is 19.4 Å². The van der Waals surface area contributed by atoms with Crippen LogP contribution in [0.5, 0.6) is 17.4 Å². The summed E-state index contributed by atoms with van der Waals surface area (Å²) in [7, 11) is 1.58. The summed E-state index contributed by atoms with van der Waals surface area (Å²) in [5.41, 5.74) is 0.941. The number of anilines is 1. The number of carbonyl (C=O) groups is 1. The molecule has 2 heterocycles. The molecule has 2 aromatic rings. The summed E-state index contributed by atoms with van der Waals surface area (Å²) in [6.07, 6.45) is -0.339. The highest BCUT2D eigenvalue weighted by molar-refractivity contribution is 5.94. The van der Waals surface area contributed by atoms with Crippen LogP contribution in [0, 0.1) is 6.92 Å². The molecule has 0 bridgehead atoms. The number of hydrogen-bond acceptors (Lipinski definition) is 5. The third-order valence-corrected chi connectivity index (χ3v) is 4.14. The zero-order valence-corrected chi connectivity index (χ0v) is 14.4. The molecule has 2 amide bonds. The summed E-state index contributed by atoms with van der Waals surface area (Å²) in [6.45, 7) is 3.82. The lowest BCUT2D eigenvalue weighted by Crippen LogP contribution is -2.36. The number of urea groups is 1. The summed E-state index contributed by atoms with van der Waals surface area (Å²) in [5, 5.41) is 13.0. The van der Waals surface area contributed by atoms with Gasteiger partial charge in [-0.05, 0) is 31.0 Å². The molecule has 1 aromatic carbocycles. The van der Waals surface area contributed by atoms with E-state index in [-0.39, 0.29) is 12.1 Å². The van der Waals surface area contributed by atoms with Crippen molar-refractivity contribution in [1.29, 1.82) is 0 Å². The number of aryl methyl sites for hydroxylation is 1. The second kappa shape index (κ2) is 6.98. The SMILES string of the molecule is CC[C@H]1NC(=O)N(c2cccc(Oc3cccc(C)c3OC)n2)C1O. The van der Waals surface area contributed by atoms with Crippen LogP contribution >= 0.6 is 0 Å². The highest BCUT2D eigenvalue weighted by atomic mass is 16.5. The Morgan fingerprint density at radius 2 is 2.04 bits per heavy atom. The number of aliphatic hydroxyl groups is 1. The molecule has 1 aliphatic rings. The molecule has 2 N–H and O–H groups in total. The minimum absolute atomic E-state index is 0.307. The van der Waals surface area contributed by atoms with Crippen molar-refractivity contribution >= 4 is 11.8 Å². The monoisotopic (exact) mass is 343 g/mol. The average molecular weight is 343 g/mol. The van der Waals surface area contributed by atoms with Gasteiger partial charge < -0.3 is 19.9 Å².